The Balaban J connectivity index is 1.57. The summed E-state index contributed by atoms with van der Waals surface area (Å²) in [7, 11) is -0.0655. The van der Waals surface area contributed by atoms with Crippen LogP contribution in [0.15, 0.2) is 0 Å². The zero-order valence-corrected chi connectivity index (χ0v) is 14.9. The summed E-state index contributed by atoms with van der Waals surface area (Å²) in [4.78, 5) is 0. The fourth-order valence-corrected chi connectivity index (χ4v) is 7.16. The Morgan fingerprint density at radius 3 is 1.75 bits per heavy atom. The van der Waals surface area contributed by atoms with Crippen LogP contribution in [0.3, 0.4) is 0 Å². The summed E-state index contributed by atoms with van der Waals surface area (Å²) in [5.74, 6) is 0. The van der Waals surface area contributed by atoms with Crippen molar-refractivity contribution in [3.8, 4) is 0 Å². The molecule has 116 valence electrons. The van der Waals surface area contributed by atoms with E-state index in [4.69, 9.17) is 0 Å². The van der Waals surface area contributed by atoms with Crippen molar-refractivity contribution in [3.63, 3.8) is 0 Å². The van der Waals surface area contributed by atoms with Crippen LogP contribution in [0.25, 0.3) is 0 Å². The molecular formula is C17H34N2Si. The average Bonchev–Trinajstić information content (AvgIpc) is 2.49. The van der Waals surface area contributed by atoms with Crippen LogP contribution in [0.1, 0.15) is 90.4 Å². The fraction of sp³-hybridized carbons (Fsp3) is 1.00. The van der Waals surface area contributed by atoms with Crippen LogP contribution in [0.2, 0.25) is 0 Å². The summed E-state index contributed by atoms with van der Waals surface area (Å²) in [6, 6.07) is 1.97. The van der Waals surface area contributed by atoms with Gasteiger partial charge in [-0.2, -0.15) is 0 Å². The van der Waals surface area contributed by atoms with E-state index in [1.807, 2.05) is 0 Å². The van der Waals surface area contributed by atoms with Gasteiger partial charge in [-0.1, -0.05) is 58.3 Å². The third-order valence-corrected chi connectivity index (χ3v) is 8.52. The average molecular weight is 295 g/mol. The van der Waals surface area contributed by atoms with E-state index in [0.29, 0.717) is 0 Å². The van der Waals surface area contributed by atoms with E-state index in [0.717, 1.165) is 18.2 Å². The molecule has 0 N–H and O–H groups in total. The molecule has 3 heteroatoms. The fourth-order valence-electron chi connectivity index (χ4n) is 4.73. The Kier molecular flexibility index (Phi) is 5.58. The molecule has 2 nitrogen and oxygen atoms in total. The Morgan fingerprint density at radius 2 is 1.30 bits per heavy atom. The molecule has 1 saturated heterocycles. The Labute approximate surface area is 128 Å². The molecular weight excluding hydrogens is 260 g/mol. The minimum absolute atomic E-state index is 0.0655. The van der Waals surface area contributed by atoms with Crippen molar-refractivity contribution in [3.05, 3.63) is 0 Å². The Morgan fingerprint density at radius 1 is 0.800 bits per heavy atom. The summed E-state index contributed by atoms with van der Waals surface area (Å²) >= 11 is 0. The first kappa shape index (κ1) is 15.0. The van der Waals surface area contributed by atoms with Crippen molar-refractivity contribution in [2.45, 2.75) is 109 Å². The second-order valence-electron chi connectivity index (χ2n) is 7.38. The van der Waals surface area contributed by atoms with Gasteiger partial charge in [0.05, 0.1) is 6.17 Å². The first-order chi connectivity index (χ1) is 9.90. The predicted molar refractivity (Wildman–Crippen MR) is 89.3 cm³/mol. The van der Waals surface area contributed by atoms with Gasteiger partial charge in [-0.3, -0.25) is 9.13 Å². The van der Waals surface area contributed by atoms with E-state index in [1.54, 1.807) is 0 Å². The summed E-state index contributed by atoms with van der Waals surface area (Å²) in [6.07, 6.45) is 20.2. The summed E-state index contributed by atoms with van der Waals surface area (Å²) in [5, 5.41) is 0. The summed E-state index contributed by atoms with van der Waals surface area (Å²) in [5.41, 5.74) is 0. The first-order valence-electron chi connectivity index (χ1n) is 9.41. The molecule has 2 saturated carbocycles. The van der Waals surface area contributed by atoms with E-state index in [-0.39, 0.29) is 9.84 Å². The van der Waals surface area contributed by atoms with Crippen LogP contribution in [-0.4, -0.2) is 37.2 Å². The monoisotopic (exact) mass is 294 g/mol. The largest absolute Gasteiger partial charge is 0.299 e. The minimum atomic E-state index is -0.0655. The van der Waals surface area contributed by atoms with Crippen LogP contribution < -0.4 is 0 Å². The van der Waals surface area contributed by atoms with Gasteiger partial charge in [0.1, 0.15) is 0 Å². The topological polar surface area (TPSA) is 6.48 Å². The highest BCUT2D eigenvalue weighted by Crippen LogP contribution is 2.35. The number of rotatable bonds is 5. The van der Waals surface area contributed by atoms with Gasteiger partial charge < -0.3 is 0 Å². The molecule has 0 aromatic heterocycles. The van der Waals surface area contributed by atoms with E-state index in [2.05, 4.69) is 16.1 Å². The van der Waals surface area contributed by atoms with Crippen molar-refractivity contribution >= 4 is 9.84 Å². The molecule has 3 rings (SSSR count). The molecule has 0 aromatic carbocycles. The third-order valence-electron chi connectivity index (χ3n) is 6.00. The molecule has 2 aliphatic carbocycles. The maximum Gasteiger partial charge on any atom is 0.175 e. The highest BCUT2D eigenvalue weighted by Gasteiger charge is 2.43. The molecule has 0 unspecified atom stereocenters. The number of hydrogen-bond acceptors (Lipinski definition) is 2. The summed E-state index contributed by atoms with van der Waals surface area (Å²) in [6.45, 7) is 2.35. The lowest BCUT2D eigenvalue weighted by atomic mass is 9.93. The van der Waals surface area contributed by atoms with E-state index < -0.39 is 0 Å². The number of unbranched alkanes of at least 4 members (excludes halogenated alkanes) is 1. The maximum atomic E-state index is 3.02. The van der Waals surface area contributed by atoms with E-state index in [9.17, 15) is 0 Å². The van der Waals surface area contributed by atoms with Crippen molar-refractivity contribution in [1.29, 1.82) is 0 Å². The standard InChI is InChI=1S/C17H34N2Si/c1-2-3-14-17-18(15-10-6-4-7-11-15)20-19(17)16-12-8-5-9-13-16/h15-17H,2-14,20H2,1H3. The van der Waals surface area contributed by atoms with Gasteiger partial charge in [0.2, 0.25) is 0 Å². The molecule has 0 amide bonds. The highest BCUT2D eigenvalue weighted by molar-refractivity contribution is 6.32. The van der Waals surface area contributed by atoms with Crippen LogP contribution in [0, 0.1) is 0 Å². The predicted octanol–water partition coefficient (Wildman–Crippen LogP) is 3.78. The minimum Gasteiger partial charge on any atom is -0.299 e. The molecule has 0 radical (unpaired) electrons. The molecule has 3 fully saturated rings. The van der Waals surface area contributed by atoms with Gasteiger partial charge in [-0.15, -0.1) is 0 Å². The lowest BCUT2D eigenvalue weighted by Gasteiger charge is -2.58. The van der Waals surface area contributed by atoms with Crippen LogP contribution >= 0.6 is 0 Å². The SMILES string of the molecule is CCCCC1N(C2CCCCC2)[SiH2]N1C1CCCCC1. The molecule has 0 aromatic rings. The molecule has 0 atom stereocenters. The van der Waals surface area contributed by atoms with E-state index >= 15 is 0 Å². The lowest BCUT2D eigenvalue weighted by Crippen LogP contribution is -2.72. The van der Waals surface area contributed by atoms with Gasteiger partial charge in [-0.25, -0.2) is 0 Å². The Bertz CT molecular complexity index is 261. The van der Waals surface area contributed by atoms with Crippen molar-refractivity contribution in [2.24, 2.45) is 0 Å². The van der Waals surface area contributed by atoms with Gasteiger partial charge in [0.25, 0.3) is 0 Å². The van der Waals surface area contributed by atoms with Gasteiger partial charge in [0, 0.05) is 12.1 Å². The molecule has 1 heterocycles. The van der Waals surface area contributed by atoms with Crippen LogP contribution in [-0.2, 0) is 0 Å². The zero-order chi connectivity index (χ0) is 13.8. The van der Waals surface area contributed by atoms with Crippen molar-refractivity contribution in [2.75, 3.05) is 0 Å². The first-order valence-corrected chi connectivity index (χ1v) is 10.7. The molecule has 0 bridgehead atoms. The quantitative estimate of drug-likeness (QED) is 0.712. The molecule has 0 spiro atoms. The van der Waals surface area contributed by atoms with Crippen molar-refractivity contribution < 1.29 is 0 Å². The zero-order valence-electron chi connectivity index (χ0n) is 13.5. The second-order valence-corrected chi connectivity index (χ2v) is 9.12. The third kappa shape index (κ3) is 3.31. The smallest absolute Gasteiger partial charge is 0.175 e. The molecule has 1 aliphatic heterocycles. The van der Waals surface area contributed by atoms with Gasteiger partial charge in [-0.05, 0) is 32.1 Å². The molecule has 3 aliphatic rings. The highest BCUT2D eigenvalue weighted by atomic mass is 28.2. The van der Waals surface area contributed by atoms with Crippen LogP contribution in [0.5, 0.6) is 0 Å². The van der Waals surface area contributed by atoms with Crippen molar-refractivity contribution in [1.82, 2.24) is 9.13 Å². The maximum absolute atomic E-state index is 3.02. The number of nitrogens with zero attached hydrogens (tertiary/aromatic N) is 2. The lowest BCUT2D eigenvalue weighted by molar-refractivity contribution is 0.00293. The normalized spacial score (nSPS) is 32.5. The molecule has 20 heavy (non-hydrogen) atoms. The number of hydrogen-bond donors (Lipinski definition) is 0. The second kappa shape index (κ2) is 7.41. The Hall–Kier alpha value is 0.137. The van der Waals surface area contributed by atoms with Gasteiger partial charge in [0.15, 0.2) is 9.84 Å². The van der Waals surface area contributed by atoms with Crippen LogP contribution in [0.4, 0.5) is 0 Å². The summed E-state index contributed by atoms with van der Waals surface area (Å²) < 4.78 is 6.03. The van der Waals surface area contributed by atoms with Gasteiger partial charge >= 0.3 is 0 Å². The van der Waals surface area contributed by atoms with E-state index in [1.165, 1.54) is 83.5 Å².